The van der Waals surface area contributed by atoms with E-state index in [9.17, 15) is 0 Å². The highest BCUT2D eigenvalue weighted by molar-refractivity contribution is 5.63. The van der Waals surface area contributed by atoms with Crippen LogP contribution in [0.3, 0.4) is 0 Å². The van der Waals surface area contributed by atoms with Gasteiger partial charge in [-0.2, -0.15) is 0 Å². The lowest BCUT2D eigenvalue weighted by Gasteiger charge is -2.07. The molecule has 0 aliphatic heterocycles. The summed E-state index contributed by atoms with van der Waals surface area (Å²) in [5.74, 6) is 0.617. The van der Waals surface area contributed by atoms with E-state index in [2.05, 4.69) is 56.4 Å². The van der Waals surface area contributed by atoms with E-state index in [-0.39, 0.29) is 0 Å². The van der Waals surface area contributed by atoms with Crippen LogP contribution in [0, 0.1) is 0 Å². The van der Waals surface area contributed by atoms with Crippen molar-refractivity contribution >= 4 is 5.57 Å². The minimum atomic E-state index is 0.617. The van der Waals surface area contributed by atoms with Gasteiger partial charge in [-0.1, -0.05) is 44.2 Å². The summed E-state index contributed by atoms with van der Waals surface area (Å²) in [6.07, 6.45) is 6.23. The standard InChI is InChI=1S/C17H25N/c1-13(2)15-6-8-16(9-7-15)14(3)5-4-12-18-17-10-11-17/h5-9,13,17-18H,4,10-12H2,1-3H3. The summed E-state index contributed by atoms with van der Waals surface area (Å²) in [6, 6.07) is 9.81. The summed E-state index contributed by atoms with van der Waals surface area (Å²) in [5.41, 5.74) is 4.16. The summed E-state index contributed by atoms with van der Waals surface area (Å²) in [7, 11) is 0. The Morgan fingerprint density at radius 2 is 1.94 bits per heavy atom. The lowest BCUT2D eigenvalue weighted by Crippen LogP contribution is -2.16. The first kappa shape index (κ1) is 13.4. The Bertz CT molecular complexity index is 396. The fraction of sp³-hybridized carbons (Fsp3) is 0.529. The summed E-state index contributed by atoms with van der Waals surface area (Å²) >= 11 is 0. The molecule has 0 unspecified atom stereocenters. The molecule has 0 saturated heterocycles. The number of benzene rings is 1. The molecular weight excluding hydrogens is 218 g/mol. The minimum Gasteiger partial charge on any atom is -0.314 e. The molecule has 18 heavy (non-hydrogen) atoms. The molecule has 0 amide bonds. The second-order valence-electron chi connectivity index (χ2n) is 5.68. The van der Waals surface area contributed by atoms with Gasteiger partial charge in [0.1, 0.15) is 0 Å². The van der Waals surface area contributed by atoms with Crippen LogP contribution in [0.5, 0.6) is 0 Å². The Labute approximate surface area is 111 Å². The van der Waals surface area contributed by atoms with Crippen LogP contribution in [0.15, 0.2) is 30.3 Å². The monoisotopic (exact) mass is 243 g/mol. The molecule has 1 aliphatic carbocycles. The molecule has 1 aliphatic rings. The molecule has 0 bridgehead atoms. The van der Waals surface area contributed by atoms with E-state index in [1.54, 1.807) is 0 Å². The minimum absolute atomic E-state index is 0.617. The van der Waals surface area contributed by atoms with E-state index < -0.39 is 0 Å². The predicted molar refractivity (Wildman–Crippen MR) is 79.8 cm³/mol. The smallest absolute Gasteiger partial charge is 0.00683 e. The zero-order valence-corrected chi connectivity index (χ0v) is 11.9. The lowest BCUT2D eigenvalue weighted by atomic mass is 9.99. The summed E-state index contributed by atoms with van der Waals surface area (Å²) in [5, 5.41) is 3.54. The largest absolute Gasteiger partial charge is 0.314 e. The van der Waals surface area contributed by atoms with Crippen LogP contribution >= 0.6 is 0 Å². The van der Waals surface area contributed by atoms with Crippen molar-refractivity contribution < 1.29 is 0 Å². The third-order valence-electron chi connectivity index (χ3n) is 3.64. The van der Waals surface area contributed by atoms with E-state index >= 15 is 0 Å². The van der Waals surface area contributed by atoms with E-state index in [0.717, 1.165) is 19.0 Å². The van der Waals surface area contributed by atoms with Crippen molar-refractivity contribution in [2.45, 2.75) is 52.0 Å². The van der Waals surface area contributed by atoms with Crippen LogP contribution in [-0.2, 0) is 0 Å². The SMILES string of the molecule is CC(=CCCNC1CC1)c1ccc(C(C)C)cc1. The number of hydrogen-bond acceptors (Lipinski definition) is 1. The van der Waals surface area contributed by atoms with Gasteiger partial charge < -0.3 is 5.32 Å². The third kappa shape index (κ3) is 3.99. The van der Waals surface area contributed by atoms with Crippen molar-refractivity contribution in [3.05, 3.63) is 41.5 Å². The van der Waals surface area contributed by atoms with Gasteiger partial charge in [-0.15, -0.1) is 0 Å². The summed E-state index contributed by atoms with van der Waals surface area (Å²) in [6.45, 7) is 7.80. The summed E-state index contributed by atoms with van der Waals surface area (Å²) in [4.78, 5) is 0. The van der Waals surface area contributed by atoms with Crippen molar-refractivity contribution in [1.29, 1.82) is 0 Å². The topological polar surface area (TPSA) is 12.0 Å². The Kier molecular flexibility index (Phi) is 4.60. The van der Waals surface area contributed by atoms with Crippen LogP contribution < -0.4 is 5.32 Å². The molecule has 1 saturated carbocycles. The average Bonchev–Trinajstić information content (AvgIpc) is 3.18. The number of hydrogen-bond donors (Lipinski definition) is 1. The van der Waals surface area contributed by atoms with Crippen molar-refractivity contribution in [2.24, 2.45) is 0 Å². The molecule has 1 N–H and O–H groups in total. The average molecular weight is 243 g/mol. The Morgan fingerprint density at radius 1 is 1.28 bits per heavy atom. The van der Waals surface area contributed by atoms with Crippen LogP contribution in [0.2, 0.25) is 0 Å². The highest BCUT2D eigenvalue weighted by Gasteiger charge is 2.19. The predicted octanol–water partition coefficient (Wildman–Crippen LogP) is 4.36. The van der Waals surface area contributed by atoms with Gasteiger partial charge in [-0.3, -0.25) is 0 Å². The van der Waals surface area contributed by atoms with Crippen LogP contribution in [0.1, 0.15) is 57.1 Å². The second-order valence-corrected chi connectivity index (χ2v) is 5.68. The molecule has 1 nitrogen and oxygen atoms in total. The third-order valence-corrected chi connectivity index (χ3v) is 3.64. The van der Waals surface area contributed by atoms with Gasteiger partial charge >= 0.3 is 0 Å². The fourth-order valence-corrected chi connectivity index (χ4v) is 2.11. The summed E-state index contributed by atoms with van der Waals surface area (Å²) < 4.78 is 0. The molecule has 1 heteroatoms. The van der Waals surface area contributed by atoms with Gasteiger partial charge in [-0.05, 0) is 55.3 Å². The maximum absolute atomic E-state index is 3.54. The van der Waals surface area contributed by atoms with Gasteiger partial charge in [0.25, 0.3) is 0 Å². The number of rotatable bonds is 6. The van der Waals surface area contributed by atoms with Crippen molar-refractivity contribution in [1.82, 2.24) is 5.32 Å². The molecule has 1 fully saturated rings. The normalized spacial score (nSPS) is 16.3. The fourth-order valence-electron chi connectivity index (χ4n) is 2.11. The first-order valence-electron chi connectivity index (χ1n) is 7.17. The van der Waals surface area contributed by atoms with E-state index in [1.807, 2.05) is 0 Å². The molecule has 0 heterocycles. The van der Waals surface area contributed by atoms with Crippen LogP contribution in [0.25, 0.3) is 5.57 Å². The maximum atomic E-state index is 3.54. The number of nitrogens with one attached hydrogen (secondary N) is 1. The first-order chi connectivity index (χ1) is 8.66. The Hall–Kier alpha value is -1.08. The second kappa shape index (κ2) is 6.19. The molecule has 0 aromatic heterocycles. The van der Waals surface area contributed by atoms with Gasteiger partial charge in [-0.25, -0.2) is 0 Å². The molecule has 0 radical (unpaired) electrons. The van der Waals surface area contributed by atoms with E-state index in [4.69, 9.17) is 0 Å². The molecular formula is C17H25N. The zero-order chi connectivity index (χ0) is 13.0. The molecule has 98 valence electrons. The molecule has 1 aromatic carbocycles. The van der Waals surface area contributed by atoms with Crippen molar-refractivity contribution in [3.8, 4) is 0 Å². The van der Waals surface area contributed by atoms with E-state index in [1.165, 1.54) is 29.5 Å². The molecule has 0 spiro atoms. The molecule has 0 atom stereocenters. The first-order valence-corrected chi connectivity index (χ1v) is 7.17. The maximum Gasteiger partial charge on any atom is 0.00683 e. The van der Waals surface area contributed by atoms with E-state index in [0.29, 0.717) is 5.92 Å². The highest BCUT2D eigenvalue weighted by Crippen LogP contribution is 2.20. The zero-order valence-electron chi connectivity index (χ0n) is 11.9. The Morgan fingerprint density at radius 3 is 2.50 bits per heavy atom. The van der Waals surface area contributed by atoms with Gasteiger partial charge in [0, 0.05) is 6.04 Å². The lowest BCUT2D eigenvalue weighted by molar-refractivity contribution is 0.690. The number of allylic oxidation sites excluding steroid dienone is 1. The highest BCUT2D eigenvalue weighted by atomic mass is 14.9. The van der Waals surface area contributed by atoms with Gasteiger partial charge in [0.15, 0.2) is 0 Å². The molecule has 1 aromatic rings. The van der Waals surface area contributed by atoms with Crippen LogP contribution in [0.4, 0.5) is 0 Å². The van der Waals surface area contributed by atoms with Gasteiger partial charge in [0.05, 0.1) is 0 Å². The van der Waals surface area contributed by atoms with Crippen LogP contribution in [-0.4, -0.2) is 12.6 Å². The van der Waals surface area contributed by atoms with Crippen molar-refractivity contribution in [2.75, 3.05) is 6.54 Å². The Balaban J connectivity index is 1.86. The van der Waals surface area contributed by atoms with Crippen molar-refractivity contribution in [3.63, 3.8) is 0 Å². The quantitative estimate of drug-likeness (QED) is 0.732. The van der Waals surface area contributed by atoms with Gasteiger partial charge in [0.2, 0.25) is 0 Å². The molecule has 2 rings (SSSR count).